The van der Waals surface area contributed by atoms with Gasteiger partial charge in [0.15, 0.2) is 0 Å². The van der Waals surface area contributed by atoms with Crippen molar-refractivity contribution in [1.29, 1.82) is 0 Å². The molecule has 0 spiro atoms. The Morgan fingerprint density at radius 3 is 2.88 bits per heavy atom. The third-order valence-corrected chi connectivity index (χ3v) is 3.76. The summed E-state index contributed by atoms with van der Waals surface area (Å²) in [5.41, 5.74) is 2.12. The maximum absolute atomic E-state index is 12.1. The van der Waals surface area contributed by atoms with Crippen molar-refractivity contribution in [2.24, 2.45) is 0 Å². The van der Waals surface area contributed by atoms with Crippen LogP contribution in [-0.2, 0) is 4.79 Å². The molecule has 3 nitrogen and oxygen atoms in total. The smallest absolute Gasteiger partial charge is 0.244 e. The fraction of sp³-hybridized carbons (Fsp3) is 0.417. The predicted molar refractivity (Wildman–Crippen MR) is 68.8 cm³/mol. The first kappa shape index (κ1) is 11.5. The second kappa shape index (κ2) is 4.89. The van der Waals surface area contributed by atoms with E-state index in [2.05, 4.69) is 5.32 Å². The average molecular weight is 236 g/mol. The molecule has 1 atom stereocenters. The minimum Gasteiger partial charge on any atom is -0.314 e. The van der Waals surface area contributed by atoms with Gasteiger partial charge in [-0.05, 0) is 18.6 Å². The molecule has 86 valence electrons. The van der Waals surface area contributed by atoms with Gasteiger partial charge < -0.3 is 4.90 Å². The standard InChI is InChI=1S/C12H16N2OS/c1-9-5-3-4-6-11(9)14(2)12(15)10-7-16-8-13-10/h3-6,10,13H,7-8H2,1-2H3. The highest BCUT2D eigenvalue weighted by Gasteiger charge is 2.26. The third-order valence-electron chi connectivity index (χ3n) is 2.82. The van der Waals surface area contributed by atoms with Gasteiger partial charge in [0, 0.05) is 24.4 Å². The lowest BCUT2D eigenvalue weighted by Crippen LogP contribution is -2.43. The maximum atomic E-state index is 12.1. The van der Waals surface area contributed by atoms with Crippen LogP contribution in [0.25, 0.3) is 0 Å². The summed E-state index contributed by atoms with van der Waals surface area (Å²) in [6.45, 7) is 2.02. The van der Waals surface area contributed by atoms with E-state index in [1.807, 2.05) is 38.2 Å². The monoisotopic (exact) mass is 236 g/mol. The molecular formula is C12H16N2OS. The number of hydrogen-bond donors (Lipinski definition) is 1. The van der Waals surface area contributed by atoms with E-state index in [0.717, 1.165) is 22.9 Å². The molecule has 0 aliphatic carbocycles. The number of nitrogens with zero attached hydrogens (tertiary/aromatic N) is 1. The molecule has 1 heterocycles. The van der Waals surface area contributed by atoms with Crippen molar-refractivity contribution in [3.8, 4) is 0 Å². The molecule has 1 unspecified atom stereocenters. The normalized spacial score (nSPS) is 19.8. The molecule has 0 bridgehead atoms. The summed E-state index contributed by atoms with van der Waals surface area (Å²) in [6.07, 6.45) is 0. The van der Waals surface area contributed by atoms with E-state index in [-0.39, 0.29) is 11.9 Å². The quantitative estimate of drug-likeness (QED) is 0.847. The van der Waals surface area contributed by atoms with Crippen molar-refractivity contribution < 1.29 is 4.79 Å². The number of likely N-dealkylation sites (N-methyl/N-ethyl adjacent to an activating group) is 1. The number of nitrogens with one attached hydrogen (secondary N) is 1. The van der Waals surface area contributed by atoms with Crippen molar-refractivity contribution >= 4 is 23.4 Å². The molecule has 0 radical (unpaired) electrons. The van der Waals surface area contributed by atoms with E-state index < -0.39 is 0 Å². The minimum absolute atomic E-state index is 0.0328. The molecule has 4 heteroatoms. The zero-order valence-corrected chi connectivity index (χ0v) is 10.4. The van der Waals surface area contributed by atoms with Crippen LogP contribution < -0.4 is 10.2 Å². The van der Waals surface area contributed by atoms with Gasteiger partial charge in [-0.2, -0.15) is 0 Å². The number of para-hydroxylation sites is 1. The second-order valence-electron chi connectivity index (χ2n) is 3.96. The van der Waals surface area contributed by atoms with Crippen molar-refractivity contribution in [2.75, 3.05) is 23.6 Å². The number of benzene rings is 1. The van der Waals surface area contributed by atoms with E-state index in [1.165, 1.54) is 0 Å². The van der Waals surface area contributed by atoms with Crippen molar-refractivity contribution in [2.45, 2.75) is 13.0 Å². The zero-order valence-electron chi connectivity index (χ0n) is 9.56. The highest BCUT2D eigenvalue weighted by Crippen LogP contribution is 2.20. The van der Waals surface area contributed by atoms with Crippen LogP contribution >= 0.6 is 11.8 Å². The van der Waals surface area contributed by atoms with E-state index in [4.69, 9.17) is 0 Å². The van der Waals surface area contributed by atoms with Gasteiger partial charge in [0.05, 0.1) is 6.04 Å². The largest absolute Gasteiger partial charge is 0.314 e. The third kappa shape index (κ3) is 2.23. The van der Waals surface area contributed by atoms with Crippen LogP contribution in [0, 0.1) is 6.92 Å². The van der Waals surface area contributed by atoms with Gasteiger partial charge in [0.25, 0.3) is 0 Å². The van der Waals surface area contributed by atoms with Gasteiger partial charge in [0.1, 0.15) is 0 Å². The van der Waals surface area contributed by atoms with Crippen molar-refractivity contribution in [1.82, 2.24) is 5.32 Å². The van der Waals surface area contributed by atoms with Crippen LogP contribution in [-0.4, -0.2) is 30.6 Å². The summed E-state index contributed by atoms with van der Waals surface area (Å²) < 4.78 is 0. The van der Waals surface area contributed by atoms with Crippen LogP contribution in [0.15, 0.2) is 24.3 Å². The number of hydrogen-bond acceptors (Lipinski definition) is 3. The van der Waals surface area contributed by atoms with Gasteiger partial charge in [-0.25, -0.2) is 0 Å². The molecule has 0 saturated carbocycles. The predicted octanol–water partition coefficient (Wildman–Crippen LogP) is 1.62. The Bertz CT molecular complexity index is 388. The lowest BCUT2D eigenvalue weighted by molar-refractivity contribution is -0.119. The molecule has 1 amide bonds. The number of amides is 1. The van der Waals surface area contributed by atoms with E-state index in [9.17, 15) is 4.79 Å². The first-order valence-corrected chi connectivity index (χ1v) is 6.50. The second-order valence-corrected chi connectivity index (χ2v) is 4.99. The summed E-state index contributed by atoms with van der Waals surface area (Å²) in [5, 5.41) is 3.20. The molecule has 1 aliphatic rings. The van der Waals surface area contributed by atoms with Crippen molar-refractivity contribution in [3.05, 3.63) is 29.8 Å². The fourth-order valence-corrected chi connectivity index (χ4v) is 2.78. The Morgan fingerprint density at radius 2 is 2.25 bits per heavy atom. The first-order valence-electron chi connectivity index (χ1n) is 5.34. The molecule has 2 rings (SSSR count). The Morgan fingerprint density at radius 1 is 1.50 bits per heavy atom. The van der Waals surface area contributed by atoms with Crippen LogP contribution in [0.5, 0.6) is 0 Å². The minimum atomic E-state index is -0.0328. The van der Waals surface area contributed by atoms with Crippen LogP contribution in [0.4, 0.5) is 5.69 Å². The van der Waals surface area contributed by atoms with E-state index >= 15 is 0 Å². The average Bonchev–Trinajstić information content (AvgIpc) is 2.81. The molecule has 1 N–H and O–H groups in total. The molecule has 1 fully saturated rings. The number of thioether (sulfide) groups is 1. The number of carbonyl (C=O) groups excluding carboxylic acids is 1. The van der Waals surface area contributed by atoms with Gasteiger partial charge in [-0.3, -0.25) is 10.1 Å². The summed E-state index contributed by atoms with van der Waals surface area (Å²) in [5.74, 6) is 1.90. The lowest BCUT2D eigenvalue weighted by atomic mass is 10.1. The van der Waals surface area contributed by atoms with E-state index in [0.29, 0.717) is 0 Å². The molecule has 1 aliphatic heterocycles. The van der Waals surface area contributed by atoms with E-state index in [1.54, 1.807) is 16.7 Å². The Labute approximate surface area is 100 Å². The molecule has 1 aromatic rings. The van der Waals surface area contributed by atoms with Gasteiger partial charge in [-0.1, -0.05) is 18.2 Å². The van der Waals surface area contributed by atoms with Gasteiger partial charge in [-0.15, -0.1) is 11.8 Å². The number of aryl methyl sites for hydroxylation is 1. The SMILES string of the molecule is Cc1ccccc1N(C)C(=O)C1CSCN1. The number of rotatable bonds is 2. The number of carbonyl (C=O) groups is 1. The summed E-state index contributed by atoms with van der Waals surface area (Å²) in [6, 6.07) is 7.92. The topological polar surface area (TPSA) is 32.3 Å². The number of anilines is 1. The highest BCUT2D eigenvalue weighted by molar-refractivity contribution is 7.99. The highest BCUT2D eigenvalue weighted by atomic mass is 32.2. The molecule has 1 aromatic carbocycles. The fourth-order valence-electron chi connectivity index (χ4n) is 1.85. The zero-order chi connectivity index (χ0) is 11.5. The van der Waals surface area contributed by atoms with Gasteiger partial charge in [0.2, 0.25) is 5.91 Å². The molecule has 16 heavy (non-hydrogen) atoms. The summed E-state index contributed by atoms with van der Waals surface area (Å²) in [7, 11) is 1.84. The van der Waals surface area contributed by atoms with Crippen LogP contribution in [0.1, 0.15) is 5.56 Å². The van der Waals surface area contributed by atoms with Crippen LogP contribution in [0.3, 0.4) is 0 Å². The van der Waals surface area contributed by atoms with Crippen molar-refractivity contribution in [3.63, 3.8) is 0 Å². The molecule has 0 aromatic heterocycles. The molecular weight excluding hydrogens is 220 g/mol. The Kier molecular flexibility index (Phi) is 3.51. The maximum Gasteiger partial charge on any atom is 0.244 e. The molecule has 1 saturated heterocycles. The van der Waals surface area contributed by atoms with Gasteiger partial charge >= 0.3 is 0 Å². The Balaban J connectivity index is 2.15. The Hall–Kier alpha value is -1.000. The summed E-state index contributed by atoms with van der Waals surface area (Å²) >= 11 is 1.77. The lowest BCUT2D eigenvalue weighted by Gasteiger charge is -2.22. The summed E-state index contributed by atoms with van der Waals surface area (Å²) in [4.78, 5) is 13.9. The first-order chi connectivity index (χ1) is 7.70. The van der Waals surface area contributed by atoms with Crippen LogP contribution in [0.2, 0.25) is 0 Å².